The van der Waals surface area contributed by atoms with Crippen LogP contribution >= 0.6 is 11.3 Å². The Labute approximate surface area is 152 Å². The Morgan fingerprint density at radius 1 is 1.31 bits per heavy atom. The van der Waals surface area contributed by atoms with Crippen molar-refractivity contribution in [2.24, 2.45) is 0 Å². The van der Waals surface area contributed by atoms with Gasteiger partial charge in [0.2, 0.25) is 12.7 Å². The van der Waals surface area contributed by atoms with Crippen LogP contribution in [0.3, 0.4) is 0 Å². The highest BCUT2D eigenvalue weighted by Gasteiger charge is 2.12. The molecule has 2 aromatic heterocycles. The van der Waals surface area contributed by atoms with Crippen molar-refractivity contribution < 1.29 is 14.3 Å². The molecule has 4 rings (SSSR count). The molecule has 1 aromatic carbocycles. The van der Waals surface area contributed by atoms with E-state index in [4.69, 9.17) is 9.47 Å². The van der Waals surface area contributed by atoms with E-state index >= 15 is 0 Å². The zero-order chi connectivity index (χ0) is 17.9. The second kappa shape index (κ2) is 7.01. The predicted octanol–water partition coefficient (Wildman–Crippen LogP) is 2.02. The van der Waals surface area contributed by atoms with E-state index in [0.717, 1.165) is 5.56 Å². The Balaban J connectivity index is 1.33. The van der Waals surface area contributed by atoms with Crippen molar-refractivity contribution in [1.82, 2.24) is 14.9 Å². The number of fused-ring (bicyclic) bond motifs is 2. The Bertz CT molecular complexity index is 1050. The fourth-order valence-electron chi connectivity index (χ4n) is 2.59. The predicted molar refractivity (Wildman–Crippen MR) is 98.5 cm³/mol. The maximum atomic E-state index is 12.3. The lowest BCUT2D eigenvalue weighted by atomic mass is 10.2. The summed E-state index contributed by atoms with van der Waals surface area (Å²) in [6, 6.07) is 7.28. The maximum Gasteiger partial charge on any atom is 0.271 e. The summed E-state index contributed by atoms with van der Waals surface area (Å²) in [5.41, 5.74) is 1.45. The molecule has 0 bridgehead atoms. The van der Waals surface area contributed by atoms with Gasteiger partial charge in [-0.1, -0.05) is 6.07 Å². The van der Waals surface area contributed by atoms with Gasteiger partial charge in [0.15, 0.2) is 11.5 Å². The van der Waals surface area contributed by atoms with E-state index in [0.29, 0.717) is 34.8 Å². The van der Waals surface area contributed by atoms with Crippen LogP contribution in [0.5, 0.6) is 11.5 Å². The molecule has 1 amide bonds. The minimum absolute atomic E-state index is 0.0878. The molecule has 0 fully saturated rings. The highest BCUT2D eigenvalue weighted by atomic mass is 32.1. The van der Waals surface area contributed by atoms with Crippen LogP contribution in [-0.2, 0) is 11.3 Å². The number of nitrogens with one attached hydrogen (secondary N) is 1. The average molecular weight is 369 g/mol. The van der Waals surface area contributed by atoms with Crippen molar-refractivity contribution >= 4 is 33.5 Å². The molecule has 3 aromatic rings. The first-order valence-electron chi connectivity index (χ1n) is 7.99. The molecule has 0 unspecified atom stereocenters. The van der Waals surface area contributed by atoms with Crippen molar-refractivity contribution in [3.05, 3.63) is 58.0 Å². The molecule has 1 aliphatic rings. The molecule has 1 N–H and O–H groups in total. The topological polar surface area (TPSA) is 82.4 Å². The van der Waals surface area contributed by atoms with E-state index in [1.54, 1.807) is 12.1 Å². The second-order valence-corrected chi connectivity index (χ2v) is 6.53. The number of ether oxygens (including phenoxy) is 2. The van der Waals surface area contributed by atoms with Crippen LogP contribution < -0.4 is 20.3 Å². The van der Waals surface area contributed by atoms with Crippen LogP contribution in [-0.4, -0.2) is 28.8 Å². The van der Waals surface area contributed by atoms with Gasteiger partial charge in [-0.25, -0.2) is 4.98 Å². The van der Waals surface area contributed by atoms with E-state index in [9.17, 15) is 9.59 Å². The van der Waals surface area contributed by atoms with Crippen molar-refractivity contribution in [2.45, 2.75) is 6.54 Å². The number of hydrogen-bond acceptors (Lipinski definition) is 6. The number of amides is 1. The number of benzene rings is 1. The Morgan fingerprint density at radius 2 is 2.19 bits per heavy atom. The smallest absolute Gasteiger partial charge is 0.271 e. The van der Waals surface area contributed by atoms with Gasteiger partial charge in [-0.05, 0) is 35.2 Å². The molecule has 0 aliphatic carbocycles. The summed E-state index contributed by atoms with van der Waals surface area (Å²) >= 11 is 1.37. The molecule has 8 heteroatoms. The lowest BCUT2D eigenvalue weighted by molar-refractivity contribution is -0.116. The first kappa shape index (κ1) is 16.3. The van der Waals surface area contributed by atoms with Crippen LogP contribution in [0, 0.1) is 0 Å². The summed E-state index contributed by atoms with van der Waals surface area (Å²) in [7, 11) is 0. The molecule has 0 saturated carbocycles. The number of carbonyl (C=O) groups is 1. The summed E-state index contributed by atoms with van der Waals surface area (Å²) in [6.45, 7) is 0.917. The minimum Gasteiger partial charge on any atom is -0.454 e. The molecule has 0 radical (unpaired) electrons. The van der Waals surface area contributed by atoms with Crippen molar-refractivity contribution in [1.29, 1.82) is 0 Å². The highest BCUT2D eigenvalue weighted by Crippen LogP contribution is 2.32. The summed E-state index contributed by atoms with van der Waals surface area (Å²) in [6.07, 6.45) is 4.65. The van der Waals surface area contributed by atoms with E-state index < -0.39 is 0 Å². The summed E-state index contributed by atoms with van der Waals surface area (Å²) in [5, 5.41) is 4.60. The van der Waals surface area contributed by atoms with Gasteiger partial charge in [-0.15, -0.1) is 11.3 Å². The third kappa shape index (κ3) is 3.31. The van der Waals surface area contributed by atoms with E-state index in [1.165, 1.54) is 28.3 Å². The number of hydrogen-bond donors (Lipinski definition) is 1. The highest BCUT2D eigenvalue weighted by molar-refractivity contribution is 7.17. The van der Waals surface area contributed by atoms with Crippen LogP contribution in [0.1, 0.15) is 5.56 Å². The first-order valence-corrected chi connectivity index (χ1v) is 8.87. The molecule has 7 nitrogen and oxygen atoms in total. The van der Waals surface area contributed by atoms with Gasteiger partial charge in [0, 0.05) is 19.2 Å². The van der Waals surface area contributed by atoms with Crippen molar-refractivity contribution in [3.63, 3.8) is 0 Å². The van der Waals surface area contributed by atoms with Gasteiger partial charge in [0.05, 0.1) is 11.8 Å². The van der Waals surface area contributed by atoms with Crippen LogP contribution in [0.2, 0.25) is 0 Å². The van der Waals surface area contributed by atoms with Gasteiger partial charge >= 0.3 is 0 Å². The SMILES string of the molecule is O=C(C=Cc1ccc2c(c1)OCO2)NCCn1cnc2ccsc2c1=O. The molecule has 26 heavy (non-hydrogen) atoms. The zero-order valence-corrected chi connectivity index (χ0v) is 14.5. The summed E-state index contributed by atoms with van der Waals surface area (Å²) in [5.74, 6) is 1.14. The number of nitrogens with zero attached hydrogens (tertiary/aromatic N) is 2. The Morgan fingerprint density at radius 3 is 3.12 bits per heavy atom. The molecule has 0 atom stereocenters. The fraction of sp³-hybridized carbons (Fsp3) is 0.167. The van der Waals surface area contributed by atoms with E-state index in [-0.39, 0.29) is 18.3 Å². The van der Waals surface area contributed by atoms with Gasteiger partial charge in [0.25, 0.3) is 5.56 Å². The number of carbonyl (C=O) groups excluding carboxylic acids is 1. The number of aromatic nitrogens is 2. The molecular weight excluding hydrogens is 354 g/mol. The number of rotatable bonds is 5. The Hall–Kier alpha value is -3.13. The molecule has 132 valence electrons. The first-order chi connectivity index (χ1) is 12.7. The molecule has 3 heterocycles. The molecule has 0 saturated heterocycles. The van der Waals surface area contributed by atoms with Gasteiger partial charge < -0.3 is 14.8 Å². The summed E-state index contributed by atoms with van der Waals surface area (Å²) in [4.78, 5) is 28.4. The second-order valence-electron chi connectivity index (χ2n) is 5.62. The normalized spacial score (nSPS) is 12.8. The third-order valence-corrected chi connectivity index (χ3v) is 4.80. The van der Waals surface area contributed by atoms with E-state index in [1.807, 2.05) is 23.6 Å². The van der Waals surface area contributed by atoms with Crippen LogP contribution in [0.25, 0.3) is 16.3 Å². The third-order valence-electron chi connectivity index (χ3n) is 3.91. The van der Waals surface area contributed by atoms with Gasteiger partial charge in [0.1, 0.15) is 4.70 Å². The fourth-order valence-corrected chi connectivity index (χ4v) is 3.38. The van der Waals surface area contributed by atoms with E-state index in [2.05, 4.69) is 10.3 Å². The Kier molecular flexibility index (Phi) is 4.40. The van der Waals surface area contributed by atoms with Crippen molar-refractivity contribution in [2.75, 3.05) is 13.3 Å². The zero-order valence-electron chi connectivity index (χ0n) is 13.7. The lowest BCUT2D eigenvalue weighted by Gasteiger charge is -2.05. The molecule has 0 spiro atoms. The van der Waals surface area contributed by atoms with Gasteiger partial charge in [-0.3, -0.25) is 14.2 Å². The van der Waals surface area contributed by atoms with Crippen LogP contribution in [0.4, 0.5) is 0 Å². The minimum atomic E-state index is -0.235. The summed E-state index contributed by atoms with van der Waals surface area (Å²) < 4.78 is 12.7. The monoisotopic (exact) mass is 369 g/mol. The largest absolute Gasteiger partial charge is 0.454 e. The standard InChI is InChI=1S/C18H15N3O4S/c22-16(4-2-12-1-3-14-15(9-12)25-11-24-14)19-6-7-21-10-20-13-5-8-26-17(13)18(21)23/h1-5,8-10H,6-7,11H2,(H,19,22). The van der Waals surface area contributed by atoms with Crippen molar-refractivity contribution in [3.8, 4) is 11.5 Å². The quantitative estimate of drug-likeness (QED) is 0.696. The lowest BCUT2D eigenvalue weighted by Crippen LogP contribution is -2.29. The van der Waals surface area contributed by atoms with Crippen LogP contribution in [0.15, 0.2) is 46.8 Å². The maximum absolute atomic E-state index is 12.3. The average Bonchev–Trinajstić information content (AvgIpc) is 3.30. The van der Waals surface area contributed by atoms with Gasteiger partial charge in [-0.2, -0.15) is 0 Å². The molecular formula is C18H15N3O4S. The number of thiophene rings is 1. The molecule has 1 aliphatic heterocycles.